The molecule has 0 aromatic heterocycles. The van der Waals surface area contributed by atoms with Crippen molar-refractivity contribution in [2.24, 2.45) is 5.73 Å². The van der Waals surface area contributed by atoms with Crippen molar-refractivity contribution < 1.29 is 21.6 Å². The number of amidine groups is 1. The minimum absolute atomic E-state index is 0.172. The van der Waals surface area contributed by atoms with Gasteiger partial charge in [-0.05, 0) is 24.6 Å². The molecular weight excluding hydrogens is 309 g/mol. The molecule has 5 N–H and O–H groups in total. The zero-order valence-electron chi connectivity index (χ0n) is 11.1. The molecule has 0 aliphatic rings. The summed E-state index contributed by atoms with van der Waals surface area (Å²) >= 11 is 0. The smallest absolute Gasteiger partial charge is 0.384 e. The van der Waals surface area contributed by atoms with Gasteiger partial charge >= 0.3 is 6.18 Å². The molecule has 1 aromatic rings. The van der Waals surface area contributed by atoms with Crippen LogP contribution in [-0.4, -0.2) is 20.8 Å². The van der Waals surface area contributed by atoms with E-state index in [0.29, 0.717) is 18.6 Å². The van der Waals surface area contributed by atoms with Crippen LogP contribution in [0.2, 0.25) is 0 Å². The number of benzene rings is 1. The maximum atomic E-state index is 12.6. The van der Waals surface area contributed by atoms with Crippen molar-refractivity contribution in [3.63, 3.8) is 0 Å². The molecule has 0 atom stereocenters. The number of rotatable bonds is 6. The minimum atomic E-state index is -4.61. The van der Waals surface area contributed by atoms with Crippen molar-refractivity contribution in [3.8, 4) is 0 Å². The molecule has 0 radical (unpaired) electrons. The lowest BCUT2D eigenvalue weighted by Crippen LogP contribution is -2.31. The quantitative estimate of drug-likeness (QED) is 0.472. The van der Waals surface area contributed by atoms with E-state index >= 15 is 0 Å². The monoisotopic (exact) mass is 324 g/mol. The van der Waals surface area contributed by atoms with Gasteiger partial charge in [0.15, 0.2) is 0 Å². The second kappa shape index (κ2) is 6.31. The molecular formula is C11H15F3N4O2S. The Labute approximate surface area is 120 Å². The van der Waals surface area contributed by atoms with Gasteiger partial charge in [0, 0.05) is 12.1 Å². The van der Waals surface area contributed by atoms with Gasteiger partial charge in [0.25, 0.3) is 10.2 Å². The van der Waals surface area contributed by atoms with E-state index in [4.69, 9.17) is 11.1 Å². The predicted molar refractivity (Wildman–Crippen MR) is 73.3 cm³/mol. The molecule has 0 saturated heterocycles. The summed E-state index contributed by atoms with van der Waals surface area (Å²) in [6.07, 6.45) is -4.06. The van der Waals surface area contributed by atoms with Gasteiger partial charge in [0.05, 0.1) is 11.3 Å². The molecule has 0 bridgehead atoms. The molecule has 0 spiro atoms. The lowest BCUT2D eigenvalue weighted by atomic mass is 10.1. The Morgan fingerprint density at radius 1 is 1.38 bits per heavy atom. The van der Waals surface area contributed by atoms with Gasteiger partial charge in [-0.25, -0.2) is 0 Å². The third-order valence-electron chi connectivity index (χ3n) is 2.42. The number of anilines is 1. The first-order valence-corrected chi connectivity index (χ1v) is 7.38. The standard InChI is InChI=1S/C11H15F3N4O2S/c1-2-5-17-21(19,20)18-9-4-3-7(11(12,13)14)6-8(9)10(15)16/h3-4,6,17-18H,2,5H2,1H3,(H3,15,16). The van der Waals surface area contributed by atoms with Gasteiger partial charge in [-0.1, -0.05) is 6.92 Å². The predicted octanol–water partition coefficient (Wildman–Crippen LogP) is 1.65. The molecule has 6 nitrogen and oxygen atoms in total. The molecule has 21 heavy (non-hydrogen) atoms. The third kappa shape index (κ3) is 4.90. The second-order valence-corrected chi connectivity index (χ2v) is 5.67. The van der Waals surface area contributed by atoms with E-state index in [1.807, 2.05) is 0 Å². The first-order valence-electron chi connectivity index (χ1n) is 5.90. The molecule has 0 aliphatic heterocycles. The molecule has 1 aromatic carbocycles. The summed E-state index contributed by atoms with van der Waals surface area (Å²) in [7, 11) is -3.93. The van der Waals surface area contributed by atoms with E-state index in [1.54, 1.807) is 6.92 Å². The van der Waals surface area contributed by atoms with Gasteiger partial charge in [0.2, 0.25) is 0 Å². The van der Waals surface area contributed by atoms with Gasteiger partial charge in [-0.2, -0.15) is 26.3 Å². The molecule has 1 rings (SSSR count). The third-order valence-corrected chi connectivity index (χ3v) is 3.50. The van der Waals surface area contributed by atoms with Crippen LogP contribution >= 0.6 is 0 Å². The molecule has 0 amide bonds. The normalized spacial score (nSPS) is 12.2. The van der Waals surface area contributed by atoms with Crippen LogP contribution in [0.1, 0.15) is 24.5 Å². The van der Waals surface area contributed by atoms with Crippen molar-refractivity contribution in [1.82, 2.24) is 4.72 Å². The molecule has 10 heteroatoms. The Hall–Kier alpha value is -1.81. The number of nitrogens with two attached hydrogens (primary N) is 1. The largest absolute Gasteiger partial charge is 0.416 e. The van der Waals surface area contributed by atoms with Crippen LogP contribution in [0.25, 0.3) is 0 Å². The molecule has 0 heterocycles. The molecule has 0 aliphatic carbocycles. The highest BCUT2D eigenvalue weighted by molar-refractivity contribution is 7.90. The summed E-state index contributed by atoms with van der Waals surface area (Å²) in [5.74, 6) is -0.672. The number of halogens is 3. The van der Waals surface area contributed by atoms with Crippen molar-refractivity contribution >= 4 is 21.7 Å². The number of hydrogen-bond acceptors (Lipinski definition) is 3. The highest BCUT2D eigenvalue weighted by atomic mass is 32.2. The van der Waals surface area contributed by atoms with Crippen molar-refractivity contribution in [3.05, 3.63) is 29.3 Å². The van der Waals surface area contributed by atoms with E-state index in [1.165, 1.54) is 0 Å². The minimum Gasteiger partial charge on any atom is -0.384 e. The number of nitrogens with one attached hydrogen (secondary N) is 3. The summed E-state index contributed by atoms with van der Waals surface area (Å²) in [6.45, 7) is 1.92. The van der Waals surface area contributed by atoms with Gasteiger partial charge in [-0.15, -0.1) is 0 Å². The van der Waals surface area contributed by atoms with E-state index in [9.17, 15) is 21.6 Å². The lowest BCUT2D eigenvalue weighted by molar-refractivity contribution is -0.137. The highest BCUT2D eigenvalue weighted by Crippen LogP contribution is 2.31. The first kappa shape index (κ1) is 17.2. The van der Waals surface area contributed by atoms with Crippen LogP contribution in [0.4, 0.5) is 18.9 Å². The van der Waals surface area contributed by atoms with Crippen LogP contribution < -0.4 is 15.2 Å². The molecule has 118 valence electrons. The van der Waals surface area contributed by atoms with E-state index in [2.05, 4.69) is 9.44 Å². The Kier molecular flexibility index (Phi) is 5.18. The first-order chi connectivity index (χ1) is 9.57. The number of alkyl halides is 3. The van der Waals surface area contributed by atoms with Crippen LogP contribution in [0.3, 0.4) is 0 Å². The van der Waals surface area contributed by atoms with E-state index < -0.39 is 27.8 Å². The average molecular weight is 324 g/mol. The fraction of sp³-hybridized carbons (Fsp3) is 0.364. The Balaban J connectivity index is 3.17. The summed E-state index contributed by atoms with van der Waals surface area (Å²) < 4.78 is 65.4. The van der Waals surface area contributed by atoms with E-state index in [-0.39, 0.29) is 17.8 Å². The summed E-state index contributed by atoms with van der Waals surface area (Å²) in [5.41, 5.74) is 3.65. The average Bonchev–Trinajstić information content (AvgIpc) is 2.34. The Morgan fingerprint density at radius 3 is 2.48 bits per heavy atom. The van der Waals surface area contributed by atoms with Crippen molar-refractivity contribution in [2.45, 2.75) is 19.5 Å². The van der Waals surface area contributed by atoms with Crippen LogP contribution in [0, 0.1) is 5.41 Å². The fourth-order valence-electron chi connectivity index (χ4n) is 1.45. The van der Waals surface area contributed by atoms with Crippen LogP contribution in [-0.2, 0) is 16.4 Å². The summed E-state index contributed by atoms with van der Waals surface area (Å²) in [6, 6.07) is 2.26. The van der Waals surface area contributed by atoms with Gasteiger partial charge in [0.1, 0.15) is 5.84 Å². The van der Waals surface area contributed by atoms with Crippen LogP contribution in [0.5, 0.6) is 0 Å². The zero-order chi connectivity index (χ0) is 16.3. The highest BCUT2D eigenvalue weighted by Gasteiger charge is 2.31. The maximum Gasteiger partial charge on any atom is 0.416 e. The number of nitrogen functional groups attached to an aromatic ring is 1. The van der Waals surface area contributed by atoms with Gasteiger partial charge in [-0.3, -0.25) is 10.1 Å². The maximum absolute atomic E-state index is 12.6. The topological polar surface area (TPSA) is 108 Å². The summed E-state index contributed by atoms with van der Waals surface area (Å²) in [4.78, 5) is 0. The van der Waals surface area contributed by atoms with Gasteiger partial charge < -0.3 is 5.73 Å². The molecule has 0 saturated carbocycles. The van der Waals surface area contributed by atoms with Crippen LogP contribution in [0.15, 0.2) is 18.2 Å². The fourth-order valence-corrected chi connectivity index (χ4v) is 2.46. The Bertz CT molecular complexity index is 629. The summed E-state index contributed by atoms with van der Waals surface area (Å²) in [5, 5.41) is 7.28. The van der Waals surface area contributed by atoms with Crippen molar-refractivity contribution in [1.29, 1.82) is 5.41 Å². The zero-order valence-corrected chi connectivity index (χ0v) is 11.9. The van der Waals surface area contributed by atoms with E-state index in [0.717, 1.165) is 6.07 Å². The SMILES string of the molecule is CCCNS(=O)(=O)Nc1ccc(C(F)(F)F)cc1C(=N)N. The Morgan fingerprint density at radius 2 is 2.00 bits per heavy atom. The van der Waals surface area contributed by atoms with Crippen molar-refractivity contribution in [2.75, 3.05) is 11.3 Å². The molecule has 0 unspecified atom stereocenters. The number of hydrogen-bond donors (Lipinski definition) is 4. The lowest BCUT2D eigenvalue weighted by Gasteiger charge is -2.14. The molecule has 0 fully saturated rings. The second-order valence-electron chi connectivity index (χ2n) is 4.17.